The highest BCUT2D eigenvalue weighted by molar-refractivity contribution is 6.36. The minimum atomic E-state index is -2.26. The van der Waals surface area contributed by atoms with E-state index in [0.717, 1.165) is 12.8 Å². The molecular weight excluding hydrogens is 215 g/mol. The first-order valence-corrected chi connectivity index (χ1v) is 6.64. The van der Waals surface area contributed by atoms with Gasteiger partial charge < -0.3 is 16.5 Å². The Labute approximate surface area is 95.7 Å². The maximum Gasteiger partial charge on any atom is 0.906 e. The van der Waals surface area contributed by atoms with Gasteiger partial charge in [-0.1, -0.05) is 13.8 Å². The zero-order valence-corrected chi connectivity index (χ0v) is 10.7. The van der Waals surface area contributed by atoms with Crippen LogP contribution < -0.4 is 0 Å². The van der Waals surface area contributed by atoms with Crippen molar-refractivity contribution < 1.29 is 21.3 Å². The van der Waals surface area contributed by atoms with Crippen molar-refractivity contribution in [3.8, 4) is 0 Å². The van der Waals surface area contributed by atoms with Crippen molar-refractivity contribution in [1.82, 2.24) is 0 Å². The van der Waals surface area contributed by atoms with Crippen LogP contribution in [-0.4, -0.2) is 45.5 Å². The maximum absolute atomic E-state index is 10.6. The molecule has 0 aliphatic heterocycles. The van der Waals surface area contributed by atoms with Crippen molar-refractivity contribution in [3.05, 3.63) is 0 Å². The van der Waals surface area contributed by atoms with Crippen LogP contribution in [0.4, 0.5) is 0 Å². The van der Waals surface area contributed by atoms with Gasteiger partial charge in [-0.2, -0.15) is 0 Å². The van der Waals surface area contributed by atoms with Crippen molar-refractivity contribution in [2.75, 3.05) is 13.2 Å². The van der Waals surface area contributed by atoms with Gasteiger partial charge in [0, 0.05) is 13.2 Å². The van der Waals surface area contributed by atoms with Gasteiger partial charge in [-0.25, -0.2) is 4.79 Å². The van der Waals surface area contributed by atoms with Gasteiger partial charge >= 0.3 is 21.1 Å². The fourth-order valence-corrected chi connectivity index (χ4v) is 2.34. The molecule has 1 N–H and O–H groups in total. The van der Waals surface area contributed by atoms with Crippen molar-refractivity contribution in [2.45, 2.75) is 39.7 Å². The molecule has 0 fully saturated rings. The summed E-state index contributed by atoms with van der Waals surface area (Å²) in [6.45, 7) is 6.53. The zero-order valence-electron chi connectivity index (χ0n) is 9.56. The zero-order chi connectivity index (χ0) is 11.7. The molecule has 0 aromatic rings. The number of carbonyl (C=O) groups is 1. The van der Waals surface area contributed by atoms with Gasteiger partial charge in [0.2, 0.25) is 0 Å². The number of aliphatic carboxylic acids is 1. The molecule has 0 radical (unpaired) electrons. The first-order valence-electron chi connectivity index (χ1n) is 5.23. The summed E-state index contributed by atoms with van der Waals surface area (Å²) in [5, 5.41) is 8.67. The highest BCUT2D eigenvalue weighted by atomic mass is 27.3. The van der Waals surface area contributed by atoms with Crippen LogP contribution in [0.3, 0.4) is 0 Å². The van der Waals surface area contributed by atoms with Gasteiger partial charge in [0.25, 0.3) is 0 Å². The monoisotopic (exact) mass is 234 g/mol. The minimum Gasteiger partial charge on any atom is -0.479 e. The molecular formula is C9H19AlO5. The van der Waals surface area contributed by atoms with Crippen molar-refractivity contribution in [1.29, 1.82) is 0 Å². The third-order valence-electron chi connectivity index (χ3n) is 1.58. The Kier molecular flexibility index (Phi) is 9.06. The van der Waals surface area contributed by atoms with E-state index in [9.17, 15) is 4.79 Å². The molecule has 0 amide bonds. The smallest absolute Gasteiger partial charge is 0.479 e. The fraction of sp³-hybridized carbons (Fsp3) is 0.889. The van der Waals surface area contributed by atoms with Crippen LogP contribution in [0.15, 0.2) is 0 Å². The highest BCUT2D eigenvalue weighted by Gasteiger charge is 2.34. The Morgan fingerprint density at radius 3 is 2.07 bits per heavy atom. The molecule has 0 bridgehead atoms. The van der Waals surface area contributed by atoms with Gasteiger partial charge in [0.1, 0.15) is 6.10 Å². The average molecular weight is 234 g/mol. The quantitative estimate of drug-likeness (QED) is 0.609. The molecule has 0 aliphatic rings. The van der Waals surface area contributed by atoms with Crippen LogP contribution in [-0.2, 0) is 16.2 Å². The molecule has 88 valence electrons. The van der Waals surface area contributed by atoms with E-state index >= 15 is 0 Å². The lowest BCUT2D eigenvalue weighted by Crippen LogP contribution is -2.35. The molecule has 0 aliphatic carbocycles. The van der Waals surface area contributed by atoms with E-state index in [1.54, 1.807) is 0 Å². The van der Waals surface area contributed by atoms with Crippen molar-refractivity contribution >= 4 is 21.1 Å². The summed E-state index contributed by atoms with van der Waals surface area (Å²) in [6, 6.07) is 0. The second kappa shape index (κ2) is 9.13. The molecule has 0 spiro atoms. The summed E-state index contributed by atoms with van der Waals surface area (Å²) in [5.74, 6) is -0.993. The maximum atomic E-state index is 10.6. The number of carboxylic acids is 1. The summed E-state index contributed by atoms with van der Waals surface area (Å²) in [4.78, 5) is 10.6. The van der Waals surface area contributed by atoms with Crippen LogP contribution in [0.1, 0.15) is 33.6 Å². The molecule has 0 heterocycles. The second-order valence-electron chi connectivity index (χ2n) is 3.15. The Morgan fingerprint density at radius 2 is 1.73 bits per heavy atom. The molecule has 0 rings (SSSR count). The largest absolute Gasteiger partial charge is 0.906 e. The van der Waals surface area contributed by atoms with Crippen LogP contribution >= 0.6 is 0 Å². The van der Waals surface area contributed by atoms with E-state index in [-0.39, 0.29) is 0 Å². The minimum absolute atomic E-state index is 0.549. The molecule has 6 heteroatoms. The van der Waals surface area contributed by atoms with E-state index < -0.39 is 27.2 Å². The van der Waals surface area contributed by atoms with Crippen LogP contribution in [0, 0.1) is 0 Å². The van der Waals surface area contributed by atoms with Gasteiger partial charge in [0.05, 0.1) is 0 Å². The Hall–Kier alpha value is -0.118. The van der Waals surface area contributed by atoms with Crippen LogP contribution in [0.25, 0.3) is 0 Å². The van der Waals surface area contributed by atoms with Gasteiger partial charge in [-0.3, -0.25) is 0 Å². The number of rotatable bonds is 9. The van der Waals surface area contributed by atoms with E-state index in [1.165, 1.54) is 6.92 Å². The summed E-state index contributed by atoms with van der Waals surface area (Å²) in [6.07, 6.45) is 0.864. The SMILES string of the molecule is CCC[O][Al]([O]CCC)[O]C(C)C(=O)O. The Bertz CT molecular complexity index is 168. The Morgan fingerprint density at radius 1 is 1.27 bits per heavy atom. The van der Waals surface area contributed by atoms with Crippen LogP contribution in [0.2, 0.25) is 0 Å². The molecule has 15 heavy (non-hydrogen) atoms. The topological polar surface area (TPSA) is 65.0 Å². The lowest BCUT2D eigenvalue weighted by atomic mass is 10.4. The molecule has 1 atom stereocenters. The van der Waals surface area contributed by atoms with Gasteiger partial charge in [0.15, 0.2) is 0 Å². The standard InChI is InChI=1S/C3H5O3.2C3H7O.Al/c1-2(4)3(5)6;2*1-2-3-4;/h2H,1H3,(H,5,6);2*2-3H2,1H3;/q3*-1;+3. The fourth-order valence-electron chi connectivity index (χ4n) is 0.780. The normalized spacial score (nSPS) is 12.5. The van der Waals surface area contributed by atoms with Gasteiger partial charge in [-0.15, -0.1) is 0 Å². The Balaban J connectivity index is 3.92. The predicted molar refractivity (Wildman–Crippen MR) is 56.4 cm³/mol. The van der Waals surface area contributed by atoms with Gasteiger partial charge in [-0.05, 0) is 19.8 Å². The number of hydrogen-bond donors (Lipinski definition) is 1. The number of hydrogen-bond acceptors (Lipinski definition) is 4. The average Bonchev–Trinajstić information content (AvgIpc) is 2.21. The molecule has 0 saturated carbocycles. The lowest BCUT2D eigenvalue weighted by Gasteiger charge is -2.15. The third kappa shape index (κ3) is 7.77. The molecule has 5 nitrogen and oxygen atoms in total. The van der Waals surface area contributed by atoms with Crippen molar-refractivity contribution in [2.24, 2.45) is 0 Å². The van der Waals surface area contributed by atoms with E-state index in [0.29, 0.717) is 13.2 Å². The lowest BCUT2D eigenvalue weighted by molar-refractivity contribution is -0.146. The second-order valence-corrected chi connectivity index (χ2v) is 4.66. The number of carboxylic acid groups (broad SMARTS) is 1. The summed E-state index contributed by atoms with van der Waals surface area (Å²) in [5.41, 5.74) is 0. The molecule has 0 aromatic carbocycles. The van der Waals surface area contributed by atoms with Crippen molar-refractivity contribution in [3.63, 3.8) is 0 Å². The molecule has 0 aromatic heterocycles. The summed E-state index contributed by atoms with van der Waals surface area (Å²) in [7, 11) is 0. The third-order valence-corrected chi connectivity index (χ3v) is 3.23. The highest BCUT2D eigenvalue weighted by Crippen LogP contribution is 2.00. The van der Waals surface area contributed by atoms with E-state index in [2.05, 4.69) is 0 Å². The first-order chi connectivity index (χ1) is 7.11. The van der Waals surface area contributed by atoms with Crippen LogP contribution in [0.5, 0.6) is 0 Å². The molecule has 0 saturated heterocycles. The van der Waals surface area contributed by atoms with E-state index in [1.807, 2.05) is 13.8 Å². The summed E-state index contributed by atoms with van der Waals surface area (Å²) < 4.78 is 15.9. The summed E-state index contributed by atoms with van der Waals surface area (Å²) >= 11 is -2.26. The first kappa shape index (κ1) is 14.9. The molecule has 1 unspecified atom stereocenters. The predicted octanol–water partition coefficient (Wildman–Crippen LogP) is 1.31. The van der Waals surface area contributed by atoms with E-state index in [4.69, 9.17) is 16.5 Å².